The van der Waals surface area contributed by atoms with Crippen LogP contribution in [0.4, 0.5) is 11.5 Å². The van der Waals surface area contributed by atoms with Crippen LogP contribution >= 0.6 is 11.6 Å². The van der Waals surface area contributed by atoms with E-state index in [0.29, 0.717) is 39.9 Å². The first-order chi connectivity index (χ1) is 22.6. The lowest BCUT2D eigenvalue weighted by molar-refractivity contribution is -0.139. The maximum absolute atomic E-state index is 13.1. The molecule has 2 aromatic carbocycles. The zero-order chi connectivity index (χ0) is 33.1. The van der Waals surface area contributed by atoms with Gasteiger partial charge in [0.1, 0.15) is 11.2 Å². The summed E-state index contributed by atoms with van der Waals surface area (Å²) in [6.07, 6.45) is 1.57. The van der Waals surface area contributed by atoms with Gasteiger partial charge in [-0.3, -0.25) is 23.6 Å². The molecular formula is C35H33ClN6O5. The van der Waals surface area contributed by atoms with E-state index < -0.39 is 17.2 Å². The first-order valence-electron chi connectivity index (χ1n) is 15.3. The van der Waals surface area contributed by atoms with Crippen LogP contribution in [0.1, 0.15) is 11.1 Å². The molecule has 240 valence electrons. The number of nitrogens with zero attached hydrogens (tertiary/aromatic N) is 5. The number of rotatable bonds is 8. The minimum atomic E-state index is -0.691. The summed E-state index contributed by atoms with van der Waals surface area (Å²) in [6, 6.07) is 17.2. The summed E-state index contributed by atoms with van der Waals surface area (Å²) in [5.41, 5.74) is 5.32. The Morgan fingerprint density at radius 1 is 1.00 bits per heavy atom. The fourth-order valence-electron chi connectivity index (χ4n) is 7.01. The van der Waals surface area contributed by atoms with Crippen molar-refractivity contribution in [3.8, 4) is 28.3 Å². The lowest BCUT2D eigenvalue weighted by Crippen LogP contribution is -2.37. The normalized spacial score (nSPS) is 18.7. The molecule has 0 radical (unpaired) electrons. The number of anilines is 2. The molecule has 5 aromatic rings. The third-order valence-electron chi connectivity index (χ3n) is 9.62. The Balaban J connectivity index is 1.19. The number of likely N-dealkylation sites (tertiary alicyclic amines) is 1. The number of ether oxygens (including phenoxy) is 1. The molecule has 3 aromatic heterocycles. The Morgan fingerprint density at radius 2 is 1.70 bits per heavy atom. The van der Waals surface area contributed by atoms with Crippen molar-refractivity contribution in [2.24, 2.45) is 31.8 Å². The summed E-state index contributed by atoms with van der Waals surface area (Å²) in [5.74, 6) is 0.425. The van der Waals surface area contributed by atoms with E-state index in [1.54, 1.807) is 26.4 Å². The number of aryl methyl sites for hydroxylation is 1. The summed E-state index contributed by atoms with van der Waals surface area (Å²) in [6.45, 7) is 4.13. The highest BCUT2D eigenvalue weighted by Gasteiger charge is 2.59. The van der Waals surface area contributed by atoms with E-state index in [1.807, 2.05) is 55.5 Å². The van der Waals surface area contributed by atoms with Gasteiger partial charge in [0.15, 0.2) is 0 Å². The third kappa shape index (κ3) is 5.15. The molecular weight excluding hydrogens is 620 g/mol. The van der Waals surface area contributed by atoms with E-state index >= 15 is 0 Å². The minimum Gasteiger partial charge on any atom is -0.481 e. The number of carboxylic acids is 1. The molecule has 1 aliphatic heterocycles. The standard InChI is InChI=1S/C35H33ClN6O5/c1-18-20(7-6-10-25(18)38-31-29-27(13-14-37-31)40(2)35(46)41(3)33(29)43)21-8-5-9-22(30(21)36)26-12-11-19(32(39-26)47-4)15-42-16-23-24(17-42)28(23)34(44)45/h5-14,23-24,28H,15-17H2,1-4H3,(H,37,38)(H,44,45). The van der Waals surface area contributed by atoms with Crippen molar-refractivity contribution in [1.29, 1.82) is 0 Å². The van der Waals surface area contributed by atoms with Crippen LogP contribution < -0.4 is 21.3 Å². The lowest BCUT2D eigenvalue weighted by Gasteiger charge is -2.20. The Hall–Kier alpha value is -5.00. The van der Waals surface area contributed by atoms with E-state index in [1.165, 1.54) is 11.6 Å². The molecule has 0 bridgehead atoms. The second kappa shape index (κ2) is 11.7. The number of methoxy groups -OCH3 is 1. The third-order valence-corrected chi connectivity index (χ3v) is 10.0. The van der Waals surface area contributed by atoms with Crippen molar-refractivity contribution in [2.75, 3.05) is 25.5 Å². The molecule has 2 fully saturated rings. The van der Waals surface area contributed by atoms with Gasteiger partial charge in [0.05, 0.1) is 29.3 Å². The molecule has 2 N–H and O–H groups in total. The molecule has 1 saturated heterocycles. The fraction of sp³-hybridized carbons (Fsp3) is 0.286. The van der Waals surface area contributed by atoms with Gasteiger partial charge in [0.25, 0.3) is 5.56 Å². The number of halogens is 1. The summed E-state index contributed by atoms with van der Waals surface area (Å²) >= 11 is 7.10. The van der Waals surface area contributed by atoms with Crippen LogP contribution in [0.2, 0.25) is 5.02 Å². The number of aliphatic carboxylic acids is 1. The number of carbonyl (C=O) groups is 1. The van der Waals surface area contributed by atoms with Crippen molar-refractivity contribution in [2.45, 2.75) is 13.5 Å². The van der Waals surface area contributed by atoms with Crippen LogP contribution in [0.5, 0.6) is 5.88 Å². The van der Waals surface area contributed by atoms with Gasteiger partial charge in [-0.25, -0.2) is 14.8 Å². The van der Waals surface area contributed by atoms with Gasteiger partial charge in [-0.15, -0.1) is 0 Å². The Kier molecular flexibility index (Phi) is 7.60. The van der Waals surface area contributed by atoms with E-state index in [-0.39, 0.29) is 17.8 Å². The summed E-state index contributed by atoms with van der Waals surface area (Å²) in [4.78, 5) is 48.5. The van der Waals surface area contributed by atoms with Gasteiger partial charge in [0, 0.05) is 62.3 Å². The molecule has 47 heavy (non-hydrogen) atoms. The highest BCUT2D eigenvalue weighted by molar-refractivity contribution is 6.36. The van der Waals surface area contributed by atoms with Gasteiger partial charge in [-0.05, 0) is 48.1 Å². The highest BCUT2D eigenvalue weighted by atomic mass is 35.5. The number of carboxylic acid groups (broad SMARTS) is 1. The number of benzene rings is 2. The fourth-order valence-corrected chi connectivity index (χ4v) is 7.34. The molecule has 2 atom stereocenters. The van der Waals surface area contributed by atoms with Crippen molar-refractivity contribution < 1.29 is 14.6 Å². The molecule has 2 unspecified atom stereocenters. The number of hydrogen-bond donors (Lipinski definition) is 2. The summed E-state index contributed by atoms with van der Waals surface area (Å²) < 4.78 is 8.19. The van der Waals surface area contributed by atoms with Crippen molar-refractivity contribution >= 4 is 40.0 Å². The van der Waals surface area contributed by atoms with Crippen LogP contribution in [-0.4, -0.2) is 55.3 Å². The topological polar surface area (TPSA) is 132 Å². The molecule has 11 nitrogen and oxygen atoms in total. The molecule has 1 saturated carbocycles. The van der Waals surface area contributed by atoms with Gasteiger partial charge in [-0.1, -0.05) is 48.0 Å². The lowest BCUT2D eigenvalue weighted by atomic mass is 9.96. The van der Waals surface area contributed by atoms with Crippen molar-refractivity contribution in [3.63, 3.8) is 0 Å². The second-order valence-electron chi connectivity index (χ2n) is 12.3. The van der Waals surface area contributed by atoms with Crippen molar-refractivity contribution in [1.82, 2.24) is 24.0 Å². The maximum Gasteiger partial charge on any atom is 0.330 e. The number of piperidine rings is 1. The van der Waals surface area contributed by atoms with E-state index in [9.17, 15) is 19.5 Å². The predicted molar refractivity (Wildman–Crippen MR) is 180 cm³/mol. The van der Waals surface area contributed by atoms with Crippen molar-refractivity contribution in [3.05, 3.63) is 97.8 Å². The zero-order valence-electron chi connectivity index (χ0n) is 26.3. The van der Waals surface area contributed by atoms with Crippen LogP contribution in [0.15, 0.2) is 70.4 Å². The van der Waals surface area contributed by atoms with E-state index in [0.717, 1.165) is 51.2 Å². The van der Waals surface area contributed by atoms with Gasteiger partial charge >= 0.3 is 11.7 Å². The molecule has 4 heterocycles. The second-order valence-corrected chi connectivity index (χ2v) is 12.7. The molecule has 7 rings (SSSR count). The molecule has 12 heteroatoms. The number of fused-ring (bicyclic) bond motifs is 2. The monoisotopic (exact) mass is 652 g/mol. The van der Waals surface area contributed by atoms with E-state index in [2.05, 4.69) is 15.2 Å². The molecule has 0 spiro atoms. The van der Waals surface area contributed by atoms with Gasteiger partial charge in [0.2, 0.25) is 5.88 Å². The van der Waals surface area contributed by atoms with Crippen LogP contribution in [-0.2, 0) is 25.4 Å². The van der Waals surface area contributed by atoms with Gasteiger partial charge in [-0.2, -0.15) is 0 Å². The number of pyridine rings is 2. The highest BCUT2D eigenvalue weighted by Crippen LogP contribution is 2.52. The molecule has 1 aliphatic carbocycles. The molecule has 0 amide bonds. The first-order valence-corrected chi connectivity index (χ1v) is 15.7. The summed E-state index contributed by atoms with van der Waals surface area (Å²) in [5, 5.41) is 13.5. The Morgan fingerprint density at radius 3 is 2.43 bits per heavy atom. The number of hydrogen-bond acceptors (Lipinski definition) is 8. The molecule has 2 aliphatic rings. The average Bonchev–Trinajstić information content (AvgIpc) is 3.59. The van der Waals surface area contributed by atoms with E-state index in [4.69, 9.17) is 21.3 Å². The quantitative estimate of drug-likeness (QED) is 0.242. The predicted octanol–water partition coefficient (Wildman–Crippen LogP) is 4.84. The number of nitrogens with one attached hydrogen (secondary N) is 1. The average molecular weight is 653 g/mol. The van der Waals surface area contributed by atoms with Gasteiger partial charge < -0.3 is 15.2 Å². The largest absolute Gasteiger partial charge is 0.481 e. The van der Waals surface area contributed by atoms with Crippen LogP contribution in [0.3, 0.4) is 0 Å². The Bertz CT molecular complexity index is 2200. The minimum absolute atomic E-state index is 0.205. The summed E-state index contributed by atoms with van der Waals surface area (Å²) in [7, 11) is 4.67. The first kappa shape index (κ1) is 30.6. The zero-order valence-corrected chi connectivity index (χ0v) is 27.1. The Labute approximate surface area is 275 Å². The number of aromatic nitrogens is 4. The smallest absolute Gasteiger partial charge is 0.330 e. The maximum atomic E-state index is 13.1. The SMILES string of the molecule is COc1nc(-c2cccc(-c3cccc(Nc4nccc5c4c(=O)n(C)c(=O)n5C)c3C)c2Cl)ccc1CN1CC2C(C1)C2C(=O)O. The van der Waals surface area contributed by atoms with Crippen LogP contribution in [0.25, 0.3) is 33.3 Å². The van der Waals surface area contributed by atoms with Crippen LogP contribution in [0, 0.1) is 24.7 Å².